The zero-order chi connectivity index (χ0) is 13.1. The lowest BCUT2D eigenvalue weighted by atomic mass is 10.1. The molecule has 1 saturated heterocycles. The Hall–Kier alpha value is -0.680. The van der Waals surface area contributed by atoms with Gasteiger partial charge < -0.3 is 4.74 Å². The Morgan fingerprint density at radius 1 is 1.29 bits per heavy atom. The van der Waals surface area contributed by atoms with Crippen LogP contribution in [-0.4, -0.2) is 56.9 Å². The second-order valence-corrected chi connectivity index (χ2v) is 4.92. The molecule has 0 radical (unpaired) electrons. The summed E-state index contributed by atoms with van der Waals surface area (Å²) < 4.78 is 5.29. The lowest BCUT2D eigenvalue weighted by Gasteiger charge is -2.26. The van der Waals surface area contributed by atoms with Crippen molar-refractivity contribution in [3.63, 3.8) is 0 Å². The van der Waals surface area contributed by atoms with Gasteiger partial charge in [-0.05, 0) is 25.3 Å². The van der Waals surface area contributed by atoms with Gasteiger partial charge in [0.15, 0.2) is 0 Å². The van der Waals surface area contributed by atoms with Gasteiger partial charge in [0.2, 0.25) is 0 Å². The molecule has 0 saturated carbocycles. The Bertz CT molecular complexity index is 181. The maximum Gasteiger partial charge on any atom is 0.0594 e. The predicted molar refractivity (Wildman–Crippen MR) is 70.8 cm³/mol. The number of ether oxygens (including phenoxy) is 1. The van der Waals surface area contributed by atoms with Crippen LogP contribution in [0.4, 0.5) is 0 Å². The monoisotopic (exact) mass is 245 g/mol. The van der Waals surface area contributed by atoms with Gasteiger partial charge >= 0.3 is 0 Å². The van der Waals surface area contributed by atoms with Crippen LogP contribution < -0.4 is 0 Å². The third-order valence-corrected chi connectivity index (χ3v) is 2.52. The van der Waals surface area contributed by atoms with Crippen LogP contribution >= 0.6 is 0 Å². The van der Waals surface area contributed by atoms with E-state index in [4.69, 9.17) is 4.74 Å². The second kappa shape index (κ2) is 10.5. The Morgan fingerprint density at radius 3 is 2.24 bits per heavy atom. The van der Waals surface area contributed by atoms with Gasteiger partial charge in [-0.3, -0.25) is 9.91 Å². The Kier molecular flexibility index (Phi) is 10.1. The van der Waals surface area contributed by atoms with Gasteiger partial charge in [0.1, 0.15) is 0 Å². The van der Waals surface area contributed by atoms with E-state index >= 15 is 0 Å². The smallest absolute Gasteiger partial charge is 0.0594 e. The highest BCUT2D eigenvalue weighted by molar-refractivity contribution is 4.61. The van der Waals surface area contributed by atoms with Crippen molar-refractivity contribution in [1.82, 2.24) is 9.91 Å². The summed E-state index contributed by atoms with van der Waals surface area (Å²) in [7, 11) is 3.15. The summed E-state index contributed by atoms with van der Waals surface area (Å²) in [5, 5.41) is 3.67. The first-order chi connectivity index (χ1) is 8.06. The molecule has 0 spiro atoms. The number of morpholine rings is 1. The maximum atomic E-state index is 9.18. The lowest BCUT2D eigenvalue weighted by Crippen LogP contribution is -2.36. The van der Waals surface area contributed by atoms with Crippen LogP contribution in [0, 0.1) is 10.8 Å². The number of hydrogen-bond acceptors (Lipinski definition) is 4. The quantitative estimate of drug-likeness (QED) is 0.549. The molecule has 1 rings (SSSR count). The molecule has 0 N–H and O–H groups in total. The molecule has 1 heterocycles. The molecule has 0 aromatic rings. The summed E-state index contributed by atoms with van der Waals surface area (Å²) in [5.41, 5.74) is 0. The number of nitroso groups, excluding NO2 is 1. The average molecular weight is 245 g/mol. The first kappa shape index (κ1) is 16.3. The van der Waals surface area contributed by atoms with E-state index in [0.717, 1.165) is 32.2 Å². The van der Waals surface area contributed by atoms with E-state index in [2.05, 4.69) is 24.0 Å². The van der Waals surface area contributed by atoms with E-state index in [0.29, 0.717) is 0 Å². The number of rotatable bonds is 5. The second-order valence-electron chi connectivity index (χ2n) is 4.92. The van der Waals surface area contributed by atoms with Crippen molar-refractivity contribution in [1.29, 1.82) is 0 Å². The maximum absolute atomic E-state index is 9.18. The van der Waals surface area contributed by atoms with E-state index < -0.39 is 0 Å². The van der Waals surface area contributed by atoms with Gasteiger partial charge in [0, 0.05) is 27.2 Å². The van der Waals surface area contributed by atoms with Crippen molar-refractivity contribution in [3.8, 4) is 0 Å². The minimum absolute atomic E-state index is 0.853. The molecule has 0 atom stereocenters. The summed E-state index contributed by atoms with van der Waals surface area (Å²) in [4.78, 5) is 11.7. The molecule has 5 heteroatoms. The minimum atomic E-state index is 0.853. The molecule has 5 nitrogen and oxygen atoms in total. The third kappa shape index (κ3) is 11.6. The fourth-order valence-electron chi connectivity index (χ4n) is 1.55. The number of nitrogens with zero attached hydrogens (tertiary/aromatic N) is 3. The predicted octanol–water partition coefficient (Wildman–Crippen LogP) is 1.98. The highest BCUT2D eigenvalue weighted by Crippen LogP contribution is 2.05. The van der Waals surface area contributed by atoms with Gasteiger partial charge in [-0.15, -0.1) is 4.91 Å². The van der Waals surface area contributed by atoms with Crippen molar-refractivity contribution < 1.29 is 4.74 Å². The Morgan fingerprint density at radius 2 is 1.82 bits per heavy atom. The van der Waals surface area contributed by atoms with E-state index in [9.17, 15) is 4.91 Å². The molecular formula is C12H27N3O2. The molecule has 0 unspecified atom stereocenters. The van der Waals surface area contributed by atoms with Gasteiger partial charge in [0.05, 0.1) is 18.5 Å². The van der Waals surface area contributed by atoms with Crippen molar-refractivity contribution in [2.75, 3.05) is 46.9 Å². The molecule has 1 aliphatic heterocycles. The molecular weight excluding hydrogens is 218 g/mol. The van der Waals surface area contributed by atoms with Crippen LogP contribution in [0.3, 0.4) is 0 Å². The SMILES string of the molecule is CC(C)CCCN1CCOCC1.CN(C)N=O. The standard InChI is InChI=1S/C10H21NO.C2H6N2O/c1-10(2)4-3-5-11-6-8-12-9-7-11;1-4(2)3-5/h10H,3-9H2,1-2H3;1-2H3. The summed E-state index contributed by atoms with van der Waals surface area (Å²) in [6, 6.07) is 0. The van der Waals surface area contributed by atoms with Crippen molar-refractivity contribution in [3.05, 3.63) is 4.91 Å². The normalized spacial score (nSPS) is 16.3. The molecule has 1 fully saturated rings. The largest absolute Gasteiger partial charge is 0.379 e. The first-order valence-corrected chi connectivity index (χ1v) is 6.37. The highest BCUT2D eigenvalue weighted by Gasteiger charge is 2.09. The summed E-state index contributed by atoms with van der Waals surface area (Å²) in [6.07, 6.45) is 2.70. The van der Waals surface area contributed by atoms with E-state index in [1.54, 1.807) is 14.1 Å². The van der Waals surface area contributed by atoms with Gasteiger partial charge in [-0.2, -0.15) is 0 Å². The Balaban J connectivity index is 0.000000437. The van der Waals surface area contributed by atoms with Crippen LogP contribution in [0.15, 0.2) is 5.29 Å². The molecule has 102 valence electrons. The van der Waals surface area contributed by atoms with Gasteiger partial charge in [-0.25, -0.2) is 0 Å². The minimum Gasteiger partial charge on any atom is -0.379 e. The van der Waals surface area contributed by atoms with E-state index in [-0.39, 0.29) is 0 Å². The van der Waals surface area contributed by atoms with Crippen LogP contribution in [0.1, 0.15) is 26.7 Å². The fraction of sp³-hybridized carbons (Fsp3) is 1.00. The molecule has 0 aromatic carbocycles. The summed E-state index contributed by atoms with van der Waals surface area (Å²) in [5.74, 6) is 0.853. The third-order valence-electron chi connectivity index (χ3n) is 2.52. The molecule has 0 aromatic heterocycles. The Labute approximate surface area is 105 Å². The van der Waals surface area contributed by atoms with Crippen LogP contribution in [0.5, 0.6) is 0 Å². The van der Waals surface area contributed by atoms with Crippen molar-refractivity contribution in [2.24, 2.45) is 11.2 Å². The van der Waals surface area contributed by atoms with E-state index in [1.165, 1.54) is 24.4 Å². The number of hydrogen-bond donors (Lipinski definition) is 0. The van der Waals surface area contributed by atoms with Crippen LogP contribution in [0.25, 0.3) is 0 Å². The zero-order valence-corrected chi connectivity index (χ0v) is 11.7. The molecule has 0 amide bonds. The lowest BCUT2D eigenvalue weighted by molar-refractivity contribution is 0.0368. The van der Waals surface area contributed by atoms with Crippen LogP contribution in [-0.2, 0) is 4.74 Å². The molecule has 17 heavy (non-hydrogen) atoms. The molecule has 0 bridgehead atoms. The van der Waals surface area contributed by atoms with Crippen molar-refractivity contribution >= 4 is 0 Å². The van der Waals surface area contributed by atoms with Crippen molar-refractivity contribution in [2.45, 2.75) is 26.7 Å². The molecule has 0 aliphatic carbocycles. The van der Waals surface area contributed by atoms with Gasteiger partial charge in [0.25, 0.3) is 0 Å². The topological polar surface area (TPSA) is 45.1 Å². The zero-order valence-electron chi connectivity index (χ0n) is 11.7. The van der Waals surface area contributed by atoms with Crippen LogP contribution in [0.2, 0.25) is 0 Å². The highest BCUT2D eigenvalue weighted by atomic mass is 16.5. The summed E-state index contributed by atoms with van der Waals surface area (Å²) in [6.45, 7) is 9.99. The van der Waals surface area contributed by atoms with Gasteiger partial charge in [-0.1, -0.05) is 13.8 Å². The van der Waals surface area contributed by atoms with E-state index in [1.807, 2.05) is 0 Å². The first-order valence-electron chi connectivity index (χ1n) is 6.37. The summed E-state index contributed by atoms with van der Waals surface area (Å²) >= 11 is 0. The molecule has 1 aliphatic rings. The fourth-order valence-corrected chi connectivity index (χ4v) is 1.55. The average Bonchev–Trinajstić information content (AvgIpc) is 2.30.